The van der Waals surface area contributed by atoms with Gasteiger partial charge in [-0.25, -0.2) is 0 Å². The molecule has 0 amide bonds. The van der Waals surface area contributed by atoms with E-state index >= 15 is 0 Å². The smallest absolute Gasteiger partial charge is 0.243 e. The van der Waals surface area contributed by atoms with Gasteiger partial charge in [-0.3, -0.25) is 4.90 Å². The third-order valence-corrected chi connectivity index (χ3v) is 4.18. The first-order chi connectivity index (χ1) is 8.09. The third-order valence-electron chi connectivity index (χ3n) is 3.15. The molecule has 1 saturated heterocycles. The van der Waals surface area contributed by atoms with E-state index in [-0.39, 0.29) is 12.1 Å². The Morgan fingerprint density at radius 1 is 1.53 bits per heavy atom. The maximum atomic E-state index is 6.00. The second-order valence-electron chi connectivity index (χ2n) is 4.83. The van der Waals surface area contributed by atoms with Crippen LogP contribution in [0.4, 0.5) is 0 Å². The van der Waals surface area contributed by atoms with Gasteiger partial charge >= 0.3 is 0 Å². The predicted molar refractivity (Wildman–Crippen MR) is 68.8 cm³/mol. The molecule has 17 heavy (non-hydrogen) atoms. The average molecular weight is 256 g/mol. The number of nitrogens with zero attached hydrogens (tertiary/aromatic N) is 3. The van der Waals surface area contributed by atoms with Gasteiger partial charge in [-0.1, -0.05) is 19.0 Å². The first-order valence-electron chi connectivity index (χ1n) is 5.96. The van der Waals surface area contributed by atoms with Crippen LogP contribution in [0.3, 0.4) is 0 Å². The predicted octanol–water partition coefficient (Wildman–Crippen LogP) is 1.45. The van der Waals surface area contributed by atoms with Crippen molar-refractivity contribution in [1.29, 1.82) is 0 Å². The average Bonchev–Trinajstić information content (AvgIpc) is 2.77. The van der Waals surface area contributed by atoms with Crippen LogP contribution in [-0.2, 0) is 0 Å². The van der Waals surface area contributed by atoms with E-state index in [0.29, 0.717) is 11.8 Å². The quantitative estimate of drug-likeness (QED) is 0.882. The normalized spacial score (nSPS) is 24.2. The van der Waals surface area contributed by atoms with Gasteiger partial charge in [0.05, 0.1) is 12.1 Å². The molecule has 0 spiro atoms. The molecule has 6 heteroatoms. The minimum Gasteiger partial charge on any atom is -0.338 e. The molecular weight excluding hydrogens is 236 g/mol. The number of nitrogens with two attached hydrogens (primary N) is 1. The molecule has 0 aromatic carbocycles. The van der Waals surface area contributed by atoms with Crippen molar-refractivity contribution >= 4 is 11.8 Å². The molecule has 1 aliphatic heterocycles. The van der Waals surface area contributed by atoms with Gasteiger partial charge in [-0.15, -0.1) is 0 Å². The fourth-order valence-corrected chi connectivity index (χ4v) is 2.97. The molecule has 2 heterocycles. The van der Waals surface area contributed by atoms with Gasteiger partial charge in [-0.05, 0) is 13.0 Å². The molecule has 96 valence electrons. The summed E-state index contributed by atoms with van der Waals surface area (Å²) in [5.41, 5.74) is 6.00. The first-order valence-corrected chi connectivity index (χ1v) is 7.12. The monoisotopic (exact) mass is 256 g/mol. The Kier molecular flexibility index (Phi) is 4.06. The lowest BCUT2D eigenvalue weighted by atomic mass is 10.1. The van der Waals surface area contributed by atoms with Crippen LogP contribution in [0.2, 0.25) is 0 Å². The third kappa shape index (κ3) is 2.81. The Morgan fingerprint density at radius 3 is 2.94 bits per heavy atom. The molecular formula is C11H20N4OS. The van der Waals surface area contributed by atoms with Crippen LogP contribution in [0, 0.1) is 5.92 Å². The summed E-state index contributed by atoms with van der Waals surface area (Å²) in [7, 11) is 2.10. The van der Waals surface area contributed by atoms with Crippen LogP contribution < -0.4 is 5.73 Å². The molecule has 1 aliphatic rings. The number of aromatic nitrogens is 2. The number of hydrogen-bond acceptors (Lipinski definition) is 6. The van der Waals surface area contributed by atoms with E-state index in [1.165, 1.54) is 5.75 Å². The summed E-state index contributed by atoms with van der Waals surface area (Å²) < 4.78 is 5.27. The number of rotatable bonds is 3. The van der Waals surface area contributed by atoms with Gasteiger partial charge < -0.3 is 10.3 Å². The van der Waals surface area contributed by atoms with Crippen molar-refractivity contribution in [1.82, 2.24) is 15.0 Å². The van der Waals surface area contributed by atoms with Crippen LogP contribution in [0.1, 0.15) is 37.6 Å². The van der Waals surface area contributed by atoms with E-state index in [4.69, 9.17) is 10.3 Å². The molecule has 1 aromatic heterocycles. The Balaban J connectivity index is 2.12. The highest BCUT2D eigenvalue weighted by molar-refractivity contribution is 7.99. The topological polar surface area (TPSA) is 68.2 Å². The number of thioether (sulfide) groups is 1. The molecule has 1 fully saturated rings. The van der Waals surface area contributed by atoms with E-state index < -0.39 is 0 Å². The van der Waals surface area contributed by atoms with E-state index in [1.807, 2.05) is 11.8 Å². The second-order valence-corrected chi connectivity index (χ2v) is 5.98. The van der Waals surface area contributed by atoms with Gasteiger partial charge in [0, 0.05) is 18.1 Å². The van der Waals surface area contributed by atoms with E-state index in [0.717, 1.165) is 18.1 Å². The summed E-state index contributed by atoms with van der Waals surface area (Å²) >= 11 is 1.93. The molecule has 2 unspecified atom stereocenters. The van der Waals surface area contributed by atoms with Crippen molar-refractivity contribution in [2.24, 2.45) is 11.7 Å². The zero-order valence-corrected chi connectivity index (χ0v) is 11.4. The molecule has 5 nitrogen and oxygen atoms in total. The zero-order valence-electron chi connectivity index (χ0n) is 10.6. The highest BCUT2D eigenvalue weighted by Crippen LogP contribution is 2.27. The summed E-state index contributed by atoms with van der Waals surface area (Å²) in [6.45, 7) is 5.17. The summed E-state index contributed by atoms with van der Waals surface area (Å²) in [6, 6.07) is 0.0865. The lowest BCUT2D eigenvalue weighted by Crippen LogP contribution is -2.33. The maximum absolute atomic E-state index is 6.00. The Bertz CT molecular complexity index is 368. The molecule has 1 aromatic rings. The van der Waals surface area contributed by atoms with Crippen molar-refractivity contribution in [3.63, 3.8) is 0 Å². The van der Waals surface area contributed by atoms with Crippen LogP contribution >= 0.6 is 11.8 Å². The highest BCUT2D eigenvalue weighted by Gasteiger charge is 2.27. The summed E-state index contributed by atoms with van der Waals surface area (Å²) in [5, 5.41) is 4.07. The van der Waals surface area contributed by atoms with Gasteiger partial charge in [-0.2, -0.15) is 16.7 Å². The van der Waals surface area contributed by atoms with E-state index in [1.54, 1.807) is 0 Å². The van der Waals surface area contributed by atoms with Gasteiger partial charge in [0.15, 0.2) is 5.82 Å². The Labute approximate surface area is 106 Å². The Hall–Kier alpha value is -0.590. The fourth-order valence-electron chi connectivity index (χ4n) is 1.76. The van der Waals surface area contributed by atoms with Crippen LogP contribution in [0.15, 0.2) is 4.52 Å². The summed E-state index contributed by atoms with van der Waals surface area (Å²) in [6.07, 6.45) is 0. The minimum absolute atomic E-state index is 0.169. The van der Waals surface area contributed by atoms with Gasteiger partial charge in [0.2, 0.25) is 5.89 Å². The zero-order chi connectivity index (χ0) is 12.4. The first kappa shape index (κ1) is 12.9. The lowest BCUT2D eigenvalue weighted by Gasteiger charge is -2.29. The van der Waals surface area contributed by atoms with Crippen LogP contribution in [-0.4, -0.2) is 40.1 Å². The van der Waals surface area contributed by atoms with Crippen molar-refractivity contribution in [2.45, 2.75) is 25.9 Å². The van der Waals surface area contributed by atoms with Crippen molar-refractivity contribution in [3.8, 4) is 0 Å². The molecule has 0 saturated carbocycles. The highest BCUT2D eigenvalue weighted by atomic mass is 32.2. The minimum atomic E-state index is -0.169. The van der Waals surface area contributed by atoms with Gasteiger partial charge in [0.25, 0.3) is 0 Å². The maximum Gasteiger partial charge on any atom is 0.243 e. The molecule has 2 rings (SSSR count). The molecule has 2 N–H and O–H groups in total. The van der Waals surface area contributed by atoms with Crippen LogP contribution in [0.25, 0.3) is 0 Å². The Morgan fingerprint density at radius 2 is 2.29 bits per heavy atom. The van der Waals surface area contributed by atoms with E-state index in [9.17, 15) is 0 Å². The van der Waals surface area contributed by atoms with Crippen molar-refractivity contribution in [2.75, 3.05) is 25.1 Å². The lowest BCUT2D eigenvalue weighted by molar-refractivity contribution is 0.255. The fraction of sp³-hybridized carbons (Fsp3) is 0.818. The molecule has 2 atom stereocenters. The standard InChI is InChI=1S/C11H20N4OS/c1-7(2)9(12)11-13-10(14-16-11)8-6-17-5-4-15(8)3/h7-9H,4-6,12H2,1-3H3. The van der Waals surface area contributed by atoms with E-state index in [2.05, 4.69) is 35.9 Å². The van der Waals surface area contributed by atoms with Crippen molar-refractivity contribution < 1.29 is 4.52 Å². The van der Waals surface area contributed by atoms with Crippen molar-refractivity contribution in [3.05, 3.63) is 11.7 Å². The molecule has 0 aliphatic carbocycles. The number of hydrogen-bond donors (Lipinski definition) is 1. The molecule has 0 radical (unpaired) electrons. The van der Waals surface area contributed by atoms with Gasteiger partial charge in [0.1, 0.15) is 0 Å². The second kappa shape index (κ2) is 5.37. The van der Waals surface area contributed by atoms with Crippen LogP contribution in [0.5, 0.6) is 0 Å². The summed E-state index contributed by atoms with van der Waals surface area (Å²) in [5.74, 6) is 3.82. The largest absolute Gasteiger partial charge is 0.338 e. The SMILES string of the molecule is CC(C)C(N)c1nc(C2CSCCN2C)no1. The summed E-state index contributed by atoms with van der Waals surface area (Å²) in [4.78, 5) is 6.72. The molecule has 0 bridgehead atoms.